The molecule has 2 heterocycles. The van der Waals surface area contributed by atoms with Gasteiger partial charge in [-0.25, -0.2) is 19.4 Å². The average Bonchev–Trinajstić information content (AvgIpc) is 3.08. The van der Waals surface area contributed by atoms with Crippen molar-refractivity contribution >= 4 is 18.0 Å². The minimum atomic E-state index is -1.17. The van der Waals surface area contributed by atoms with Crippen LogP contribution < -0.4 is 4.84 Å². The lowest BCUT2D eigenvalue weighted by atomic mass is 10.1. The van der Waals surface area contributed by atoms with Crippen LogP contribution in [-0.2, 0) is 40.3 Å². The Kier molecular flexibility index (Phi) is 5.39. The smallest absolute Gasteiger partial charge is 0.442 e. The quantitative estimate of drug-likeness (QED) is 0.633. The Morgan fingerprint density at radius 2 is 1.85 bits per heavy atom. The number of amides is 1. The molecule has 0 spiro atoms. The van der Waals surface area contributed by atoms with Gasteiger partial charge in [-0.05, 0) is 17.5 Å². The average molecular weight is 373 g/mol. The predicted octanol–water partition coefficient (Wildman–Crippen LogP) is 1.18. The van der Waals surface area contributed by atoms with Crippen LogP contribution in [0.25, 0.3) is 0 Å². The third kappa shape index (κ3) is 4.25. The number of carbonyl (C=O) groups excluding carboxylic acids is 2. The van der Waals surface area contributed by atoms with Gasteiger partial charge in [0.15, 0.2) is 0 Å². The van der Waals surface area contributed by atoms with Crippen molar-refractivity contribution in [2.24, 2.45) is 0 Å². The second-order valence-electron chi connectivity index (χ2n) is 6.04. The lowest BCUT2D eigenvalue weighted by Gasteiger charge is -2.23. The minimum absolute atomic E-state index is 0.0342. The molecule has 1 N–H and O–H groups in total. The summed E-state index contributed by atoms with van der Waals surface area (Å²) in [6, 6.07) is 7.52. The van der Waals surface area contributed by atoms with Gasteiger partial charge in [0.25, 0.3) is 0 Å². The number of carboxylic acid groups (broad SMARTS) is 1. The molecule has 0 saturated carbocycles. The standard InChI is InChI=1S/C18H19N3O6/c1-2-12-3-5-13(6-4-12)10-26-16(22)17(23)27-21-11-19-14-9-20(18(24)25)8-7-15(14)21/h3-6,11H,2,7-10H2,1H3,(H,24,25). The molecular formula is C18H19N3O6. The van der Waals surface area contributed by atoms with E-state index in [1.807, 2.05) is 31.2 Å². The summed E-state index contributed by atoms with van der Waals surface area (Å²) in [5.41, 5.74) is 2.97. The monoisotopic (exact) mass is 373 g/mol. The molecule has 1 aliphatic heterocycles. The van der Waals surface area contributed by atoms with E-state index in [-0.39, 0.29) is 19.7 Å². The van der Waals surface area contributed by atoms with E-state index < -0.39 is 18.0 Å². The molecule has 9 nitrogen and oxygen atoms in total. The highest BCUT2D eigenvalue weighted by Gasteiger charge is 2.27. The van der Waals surface area contributed by atoms with Crippen molar-refractivity contribution in [3.8, 4) is 0 Å². The van der Waals surface area contributed by atoms with Crippen LogP contribution >= 0.6 is 0 Å². The number of fused-ring (bicyclic) bond motifs is 1. The highest BCUT2D eigenvalue weighted by atomic mass is 16.7. The van der Waals surface area contributed by atoms with E-state index in [1.165, 1.54) is 11.2 Å². The molecular weight excluding hydrogens is 354 g/mol. The van der Waals surface area contributed by atoms with E-state index in [9.17, 15) is 14.4 Å². The number of carbonyl (C=O) groups is 3. The van der Waals surface area contributed by atoms with Crippen LogP contribution in [0.5, 0.6) is 0 Å². The number of hydrogen-bond acceptors (Lipinski definition) is 6. The van der Waals surface area contributed by atoms with Crippen LogP contribution in [0.4, 0.5) is 4.79 Å². The fourth-order valence-corrected chi connectivity index (χ4v) is 2.73. The molecule has 142 valence electrons. The molecule has 27 heavy (non-hydrogen) atoms. The number of benzene rings is 1. The summed E-state index contributed by atoms with van der Waals surface area (Å²) in [6.45, 7) is 2.36. The summed E-state index contributed by atoms with van der Waals surface area (Å²) in [5, 5.41) is 9.02. The van der Waals surface area contributed by atoms with Gasteiger partial charge in [0, 0.05) is 13.0 Å². The maximum Gasteiger partial charge on any atom is 0.442 e. The summed E-state index contributed by atoms with van der Waals surface area (Å²) in [6.07, 6.45) is 1.44. The van der Waals surface area contributed by atoms with Crippen molar-refractivity contribution in [1.29, 1.82) is 0 Å². The van der Waals surface area contributed by atoms with E-state index in [0.717, 1.165) is 22.3 Å². The Hall–Kier alpha value is -3.36. The number of aromatic nitrogens is 2. The third-order valence-electron chi connectivity index (χ3n) is 4.30. The van der Waals surface area contributed by atoms with Crippen molar-refractivity contribution in [1.82, 2.24) is 14.6 Å². The first-order valence-corrected chi connectivity index (χ1v) is 8.48. The first-order chi connectivity index (χ1) is 13.0. The zero-order valence-corrected chi connectivity index (χ0v) is 14.8. The third-order valence-corrected chi connectivity index (χ3v) is 4.30. The summed E-state index contributed by atoms with van der Waals surface area (Å²) in [4.78, 5) is 45.1. The number of ether oxygens (including phenoxy) is 1. The van der Waals surface area contributed by atoms with Crippen LogP contribution in [0.3, 0.4) is 0 Å². The minimum Gasteiger partial charge on any atom is -0.465 e. The van der Waals surface area contributed by atoms with Gasteiger partial charge in [-0.1, -0.05) is 31.2 Å². The van der Waals surface area contributed by atoms with Gasteiger partial charge in [0.1, 0.15) is 12.9 Å². The molecule has 0 aliphatic carbocycles. The van der Waals surface area contributed by atoms with E-state index >= 15 is 0 Å². The molecule has 0 atom stereocenters. The van der Waals surface area contributed by atoms with Gasteiger partial charge in [0.2, 0.25) is 0 Å². The molecule has 0 fully saturated rings. The Morgan fingerprint density at radius 1 is 1.15 bits per heavy atom. The molecule has 1 amide bonds. The number of imidazole rings is 1. The maximum atomic E-state index is 11.9. The van der Waals surface area contributed by atoms with E-state index in [0.29, 0.717) is 17.8 Å². The lowest BCUT2D eigenvalue weighted by Crippen LogP contribution is -2.36. The van der Waals surface area contributed by atoms with Crippen molar-refractivity contribution in [3.05, 3.63) is 53.1 Å². The fraction of sp³-hybridized carbons (Fsp3) is 0.333. The van der Waals surface area contributed by atoms with Gasteiger partial charge in [0.05, 0.1) is 17.9 Å². The molecule has 0 radical (unpaired) electrons. The Morgan fingerprint density at radius 3 is 2.52 bits per heavy atom. The highest BCUT2D eigenvalue weighted by Crippen LogP contribution is 2.17. The Balaban J connectivity index is 1.56. The van der Waals surface area contributed by atoms with Crippen LogP contribution in [0.2, 0.25) is 0 Å². The first kappa shape index (κ1) is 18.4. The number of nitrogens with zero attached hydrogens (tertiary/aromatic N) is 3. The number of aryl methyl sites for hydroxylation is 1. The molecule has 9 heteroatoms. The molecule has 1 aliphatic rings. The lowest BCUT2D eigenvalue weighted by molar-refractivity contribution is -0.168. The predicted molar refractivity (Wildman–Crippen MR) is 91.6 cm³/mol. The fourth-order valence-electron chi connectivity index (χ4n) is 2.73. The molecule has 3 rings (SSSR count). The zero-order valence-electron chi connectivity index (χ0n) is 14.8. The largest absolute Gasteiger partial charge is 0.465 e. The molecule has 0 unspecified atom stereocenters. The van der Waals surface area contributed by atoms with E-state index in [4.69, 9.17) is 14.7 Å². The van der Waals surface area contributed by atoms with Gasteiger partial charge in [-0.3, -0.25) is 0 Å². The van der Waals surface area contributed by atoms with Crippen molar-refractivity contribution in [2.45, 2.75) is 32.9 Å². The van der Waals surface area contributed by atoms with Crippen LogP contribution in [0, 0.1) is 0 Å². The second kappa shape index (κ2) is 7.90. The summed E-state index contributed by atoms with van der Waals surface area (Å²) < 4.78 is 6.06. The van der Waals surface area contributed by atoms with E-state index in [2.05, 4.69) is 4.98 Å². The van der Waals surface area contributed by atoms with Gasteiger partial charge < -0.3 is 19.6 Å². The van der Waals surface area contributed by atoms with Crippen LogP contribution in [0.15, 0.2) is 30.6 Å². The van der Waals surface area contributed by atoms with Crippen molar-refractivity contribution in [2.75, 3.05) is 6.54 Å². The molecule has 0 saturated heterocycles. The second-order valence-corrected chi connectivity index (χ2v) is 6.04. The molecule has 1 aromatic heterocycles. The van der Waals surface area contributed by atoms with Crippen molar-refractivity contribution < 1.29 is 29.1 Å². The number of rotatable bonds is 4. The summed E-state index contributed by atoms with van der Waals surface area (Å²) >= 11 is 0. The normalized spacial score (nSPS) is 13.0. The zero-order chi connectivity index (χ0) is 19.4. The summed E-state index contributed by atoms with van der Waals surface area (Å²) in [7, 11) is 0. The molecule has 0 bridgehead atoms. The van der Waals surface area contributed by atoms with Crippen LogP contribution in [0.1, 0.15) is 29.4 Å². The highest BCUT2D eigenvalue weighted by molar-refractivity contribution is 6.29. The number of hydrogen-bond donors (Lipinski definition) is 1. The van der Waals surface area contributed by atoms with Gasteiger partial charge >= 0.3 is 18.0 Å². The summed E-state index contributed by atoms with van der Waals surface area (Å²) in [5.74, 6) is -2.28. The van der Waals surface area contributed by atoms with Gasteiger partial charge in [-0.15, -0.1) is 0 Å². The van der Waals surface area contributed by atoms with Gasteiger partial charge in [-0.2, -0.15) is 4.73 Å². The maximum absolute atomic E-state index is 11.9. The topological polar surface area (TPSA) is 111 Å². The SMILES string of the molecule is CCc1ccc(COC(=O)C(=O)On2cnc3c2CCN(C(=O)O)C3)cc1. The first-order valence-electron chi connectivity index (χ1n) is 8.48. The van der Waals surface area contributed by atoms with Crippen LogP contribution in [-0.4, -0.2) is 44.3 Å². The van der Waals surface area contributed by atoms with E-state index in [1.54, 1.807) is 0 Å². The number of esters is 1. The molecule has 1 aromatic carbocycles. The Labute approximate surface area is 155 Å². The molecule has 2 aromatic rings. The Bertz CT molecular complexity index is 858. The van der Waals surface area contributed by atoms with Crippen molar-refractivity contribution in [3.63, 3.8) is 0 Å².